The zero-order chi connectivity index (χ0) is 13.7. The Labute approximate surface area is 121 Å². The van der Waals surface area contributed by atoms with Crippen LogP contribution < -0.4 is 10.6 Å². The predicted molar refractivity (Wildman–Crippen MR) is 77.7 cm³/mol. The number of carbonyl (C=O) groups is 1. The average molecular weight is 322 g/mol. The minimum Gasteiger partial charge on any atom is -0.384 e. The van der Waals surface area contributed by atoms with Gasteiger partial charge in [0.2, 0.25) is 5.91 Å². The minimum atomic E-state index is 0.124. The van der Waals surface area contributed by atoms with E-state index in [0.717, 1.165) is 29.4 Å². The van der Waals surface area contributed by atoms with Crippen LogP contribution in [0.5, 0.6) is 0 Å². The van der Waals surface area contributed by atoms with Crippen LogP contribution in [0.1, 0.15) is 31.2 Å². The number of carbonyl (C=O) groups excluding carboxylic acids is 1. The fourth-order valence-corrected chi connectivity index (χ4v) is 2.12. The first-order valence-electron chi connectivity index (χ1n) is 6.42. The van der Waals surface area contributed by atoms with Crippen molar-refractivity contribution in [3.05, 3.63) is 28.2 Å². The van der Waals surface area contributed by atoms with Crippen molar-refractivity contribution in [3.8, 4) is 6.07 Å². The van der Waals surface area contributed by atoms with Crippen molar-refractivity contribution in [2.45, 2.75) is 31.7 Å². The Balaban J connectivity index is 1.74. The first-order chi connectivity index (χ1) is 9.19. The topological polar surface area (TPSA) is 64.9 Å². The number of benzene rings is 1. The lowest BCUT2D eigenvalue weighted by Crippen LogP contribution is -2.25. The molecule has 100 valence electrons. The number of hydrogen-bond donors (Lipinski definition) is 2. The molecule has 2 N–H and O–H groups in total. The van der Waals surface area contributed by atoms with Crippen molar-refractivity contribution in [1.29, 1.82) is 5.26 Å². The molecule has 0 radical (unpaired) electrons. The highest BCUT2D eigenvalue weighted by Gasteiger charge is 2.22. The van der Waals surface area contributed by atoms with E-state index < -0.39 is 0 Å². The first-order valence-corrected chi connectivity index (χ1v) is 7.21. The van der Waals surface area contributed by atoms with Gasteiger partial charge in [-0.25, -0.2) is 0 Å². The lowest BCUT2D eigenvalue weighted by Gasteiger charge is -2.08. The molecule has 1 aliphatic carbocycles. The summed E-state index contributed by atoms with van der Waals surface area (Å²) in [5.41, 5.74) is 1.42. The van der Waals surface area contributed by atoms with E-state index in [1.165, 1.54) is 0 Å². The Bertz CT molecular complexity index is 506. The second-order valence-electron chi connectivity index (χ2n) is 4.67. The van der Waals surface area contributed by atoms with Crippen molar-refractivity contribution in [1.82, 2.24) is 5.32 Å². The Morgan fingerprint density at radius 2 is 2.26 bits per heavy atom. The summed E-state index contributed by atoms with van der Waals surface area (Å²) in [6.07, 6.45) is 3.52. The van der Waals surface area contributed by atoms with Gasteiger partial charge in [0.05, 0.1) is 11.3 Å². The number of amides is 1. The fourth-order valence-electron chi connectivity index (χ4n) is 1.76. The van der Waals surface area contributed by atoms with Crippen molar-refractivity contribution in [2.75, 3.05) is 11.9 Å². The van der Waals surface area contributed by atoms with Crippen LogP contribution in [0.25, 0.3) is 0 Å². The average Bonchev–Trinajstić information content (AvgIpc) is 3.19. The molecule has 1 fully saturated rings. The summed E-state index contributed by atoms with van der Waals surface area (Å²) in [7, 11) is 0. The number of rotatable bonds is 6. The normalized spacial score (nSPS) is 13.7. The van der Waals surface area contributed by atoms with Gasteiger partial charge in [0, 0.05) is 23.5 Å². The molecule has 1 aromatic rings. The van der Waals surface area contributed by atoms with Gasteiger partial charge < -0.3 is 10.6 Å². The molecule has 1 amide bonds. The summed E-state index contributed by atoms with van der Waals surface area (Å²) >= 11 is 3.38. The van der Waals surface area contributed by atoms with Crippen LogP contribution in [0, 0.1) is 11.3 Å². The molecule has 0 bridgehead atoms. The molecule has 1 aliphatic rings. The van der Waals surface area contributed by atoms with E-state index in [1.54, 1.807) is 6.07 Å². The Hall–Kier alpha value is -1.54. The van der Waals surface area contributed by atoms with Gasteiger partial charge in [-0.2, -0.15) is 5.26 Å². The predicted octanol–water partition coefficient (Wildman–Crippen LogP) is 2.79. The van der Waals surface area contributed by atoms with E-state index in [1.807, 2.05) is 12.1 Å². The Morgan fingerprint density at radius 1 is 1.47 bits per heavy atom. The summed E-state index contributed by atoms with van der Waals surface area (Å²) in [6, 6.07) is 8.06. The van der Waals surface area contributed by atoms with Crippen LogP contribution in [-0.2, 0) is 4.79 Å². The van der Waals surface area contributed by atoms with E-state index in [9.17, 15) is 4.79 Å². The number of hydrogen-bond acceptors (Lipinski definition) is 3. The highest BCUT2D eigenvalue weighted by atomic mass is 79.9. The minimum absolute atomic E-state index is 0.124. The number of halogens is 1. The molecule has 0 spiro atoms. The summed E-state index contributed by atoms with van der Waals surface area (Å²) in [6.45, 7) is 0.684. The zero-order valence-electron chi connectivity index (χ0n) is 10.6. The van der Waals surface area contributed by atoms with Crippen LogP contribution in [0.3, 0.4) is 0 Å². The van der Waals surface area contributed by atoms with Gasteiger partial charge >= 0.3 is 0 Å². The van der Waals surface area contributed by atoms with Crippen LogP contribution in [-0.4, -0.2) is 18.5 Å². The maximum absolute atomic E-state index is 11.5. The molecule has 0 unspecified atom stereocenters. The van der Waals surface area contributed by atoms with Crippen molar-refractivity contribution in [3.63, 3.8) is 0 Å². The van der Waals surface area contributed by atoms with Crippen molar-refractivity contribution >= 4 is 27.5 Å². The monoisotopic (exact) mass is 321 g/mol. The highest BCUT2D eigenvalue weighted by Crippen LogP contribution is 2.21. The molecule has 2 rings (SSSR count). The van der Waals surface area contributed by atoms with Gasteiger partial charge in [0.1, 0.15) is 6.07 Å². The van der Waals surface area contributed by atoms with Crippen LogP contribution in [0.4, 0.5) is 5.69 Å². The molecule has 5 heteroatoms. The lowest BCUT2D eigenvalue weighted by atomic mass is 10.2. The van der Waals surface area contributed by atoms with Crippen LogP contribution in [0.2, 0.25) is 0 Å². The summed E-state index contributed by atoms with van der Waals surface area (Å²) in [5, 5.41) is 15.1. The van der Waals surface area contributed by atoms with Gasteiger partial charge in [-0.05, 0) is 37.5 Å². The van der Waals surface area contributed by atoms with Gasteiger partial charge in [-0.1, -0.05) is 15.9 Å². The van der Waals surface area contributed by atoms with Crippen LogP contribution in [0.15, 0.2) is 22.7 Å². The third-order valence-corrected chi connectivity index (χ3v) is 3.43. The van der Waals surface area contributed by atoms with Gasteiger partial charge in [-0.3, -0.25) is 4.79 Å². The van der Waals surface area contributed by atoms with E-state index >= 15 is 0 Å². The molecule has 1 aromatic carbocycles. The third kappa shape index (κ3) is 4.56. The Kier molecular flexibility index (Phi) is 4.80. The van der Waals surface area contributed by atoms with E-state index in [4.69, 9.17) is 5.26 Å². The number of nitriles is 1. The second kappa shape index (κ2) is 6.58. The van der Waals surface area contributed by atoms with Crippen molar-refractivity contribution < 1.29 is 4.79 Å². The number of anilines is 1. The first kappa shape index (κ1) is 13.9. The summed E-state index contributed by atoms with van der Waals surface area (Å²) in [5.74, 6) is 0.124. The number of nitrogens with zero attached hydrogens (tertiary/aromatic N) is 1. The largest absolute Gasteiger partial charge is 0.384 e. The SMILES string of the molecule is N#Cc1ccc(Br)cc1NCCCC(=O)NC1CC1. The van der Waals surface area contributed by atoms with Crippen LogP contribution >= 0.6 is 15.9 Å². The van der Waals surface area contributed by atoms with E-state index in [-0.39, 0.29) is 5.91 Å². The van der Waals surface area contributed by atoms with E-state index in [2.05, 4.69) is 32.6 Å². The molecule has 4 nitrogen and oxygen atoms in total. The standard InChI is InChI=1S/C14H16BrN3O/c15-11-4-3-10(9-16)13(8-11)17-7-1-2-14(19)18-12-5-6-12/h3-4,8,12,17H,1-2,5-7H2,(H,18,19). The molecule has 0 heterocycles. The summed E-state index contributed by atoms with van der Waals surface area (Å²) < 4.78 is 0.931. The molecular formula is C14H16BrN3O. The smallest absolute Gasteiger partial charge is 0.220 e. The van der Waals surface area contributed by atoms with Gasteiger partial charge in [0.15, 0.2) is 0 Å². The Morgan fingerprint density at radius 3 is 2.95 bits per heavy atom. The maximum Gasteiger partial charge on any atom is 0.220 e. The van der Waals surface area contributed by atoms with E-state index in [0.29, 0.717) is 24.6 Å². The van der Waals surface area contributed by atoms with Gasteiger partial charge in [-0.15, -0.1) is 0 Å². The molecule has 0 aliphatic heterocycles. The number of nitrogens with one attached hydrogen (secondary N) is 2. The molecular weight excluding hydrogens is 306 g/mol. The zero-order valence-corrected chi connectivity index (χ0v) is 12.2. The molecule has 0 aromatic heterocycles. The molecule has 0 saturated heterocycles. The highest BCUT2D eigenvalue weighted by molar-refractivity contribution is 9.10. The quantitative estimate of drug-likeness (QED) is 0.792. The van der Waals surface area contributed by atoms with Crippen molar-refractivity contribution in [2.24, 2.45) is 0 Å². The third-order valence-electron chi connectivity index (χ3n) is 2.94. The lowest BCUT2D eigenvalue weighted by molar-refractivity contribution is -0.121. The fraction of sp³-hybridized carbons (Fsp3) is 0.429. The molecule has 0 atom stereocenters. The van der Waals surface area contributed by atoms with Gasteiger partial charge in [0.25, 0.3) is 0 Å². The molecule has 1 saturated carbocycles. The summed E-state index contributed by atoms with van der Waals surface area (Å²) in [4.78, 5) is 11.5. The second-order valence-corrected chi connectivity index (χ2v) is 5.59. The maximum atomic E-state index is 11.5. The molecule has 19 heavy (non-hydrogen) atoms.